The summed E-state index contributed by atoms with van der Waals surface area (Å²) in [6.07, 6.45) is 0.584. The van der Waals surface area contributed by atoms with E-state index in [1.165, 1.54) is 12.1 Å². The van der Waals surface area contributed by atoms with Crippen molar-refractivity contribution in [2.75, 3.05) is 0 Å². The summed E-state index contributed by atoms with van der Waals surface area (Å²) in [6, 6.07) is 28.6. The van der Waals surface area contributed by atoms with Crippen LogP contribution < -0.4 is 10.6 Å². The molecular formula is C35H29FN4O3. The number of benzene rings is 4. The summed E-state index contributed by atoms with van der Waals surface area (Å²) in [5.41, 5.74) is 5.93. The topological polar surface area (TPSA) is 94.3 Å². The monoisotopic (exact) mass is 572 g/mol. The Kier molecular flexibility index (Phi) is 6.74. The number of para-hydroxylation sites is 1. The Labute approximate surface area is 247 Å². The smallest absolute Gasteiger partial charge is 0.255 e. The first-order chi connectivity index (χ1) is 21.0. The number of hydrogen-bond acceptors (Lipinski definition) is 3. The van der Waals surface area contributed by atoms with E-state index < -0.39 is 18.1 Å². The normalized spacial score (nSPS) is 17.6. The number of nitrogens with zero attached hydrogens (tertiary/aromatic N) is 1. The van der Waals surface area contributed by atoms with Crippen LogP contribution in [0, 0.1) is 5.82 Å². The summed E-state index contributed by atoms with van der Waals surface area (Å²) in [7, 11) is 0. The highest BCUT2D eigenvalue weighted by molar-refractivity contribution is 6.04. The summed E-state index contributed by atoms with van der Waals surface area (Å²) < 4.78 is 13.4. The van der Waals surface area contributed by atoms with Crippen LogP contribution in [0.2, 0.25) is 0 Å². The van der Waals surface area contributed by atoms with Crippen LogP contribution >= 0.6 is 0 Å². The molecule has 3 amide bonds. The zero-order valence-electron chi connectivity index (χ0n) is 23.2. The van der Waals surface area contributed by atoms with Gasteiger partial charge in [-0.3, -0.25) is 14.4 Å². The molecule has 3 N–H and O–H groups in total. The van der Waals surface area contributed by atoms with Gasteiger partial charge in [0.2, 0.25) is 11.8 Å². The van der Waals surface area contributed by atoms with Gasteiger partial charge in [0.25, 0.3) is 5.91 Å². The van der Waals surface area contributed by atoms with Gasteiger partial charge >= 0.3 is 0 Å². The molecule has 4 aromatic carbocycles. The van der Waals surface area contributed by atoms with Crippen molar-refractivity contribution in [1.29, 1.82) is 0 Å². The van der Waals surface area contributed by atoms with Crippen LogP contribution in [0.25, 0.3) is 10.9 Å². The molecule has 0 spiro atoms. The van der Waals surface area contributed by atoms with Gasteiger partial charge in [0.05, 0.1) is 6.04 Å². The largest absolute Gasteiger partial charge is 0.356 e. The summed E-state index contributed by atoms with van der Waals surface area (Å²) in [6.45, 7) is 0.185. The van der Waals surface area contributed by atoms with Gasteiger partial charge in [0.15, 0.2) is 0 Å². The molecule has 0 aliphatic carbocycles. The van der Waals surface area contributed by atoms with Crippen molar-refractivity contribution < 1.29 is 18.8 Å². The lowest BCUT2D eigenvalue weighted by atomic mass is 9.89. The number of aromatic amines is 1. The van der Waals surface area contributed by atoms with Crippen molar-refractivity contribution in [3.63, 3.8) is 0 Å². The number of amides is 3. The zero-order chi connectivity index (χ0) is 29.5. The predicted molar refractivity (Wildman–Crippen MR) is 161 cm³/mol. The molecule has 2 aliphatic rings. The fourth-order valence-electron chi connectivity index (χ4n) is 6.38. The average Bonchev–Trinajstić information content (AvgIpc) is 3.55. The standard InChI is InChI=1S/C35H29FN4O3/c36-23-16-14-22(15-17-23)20-37-33(41)29(18-21-8-2-1-3-9-21)39-34(42)30-19-27-24-10-6-7-13-28(24)38-31(27)32-25-11-4-5-12-26(25)35(43)40(30)32/h1-17,29-30,32,38H,18-20H2,(H,37,41)(H,39,42)/t29-,30-,32-/m0/s1. The maximum atomic E-state index is 14.2. The molecule has 2 aliphatic heterocycles. The number of fused-ring (bicyclic) bond motifs is 7. The van der Waals surface area contributed by atoms with E-state index in [1.54, 1.807) is 23.1 Å². The number of nitrogens with one attached hydrogen (secondary N) is 3. The third-order valence-electron chi connectivity index (χ3n) is 8.45. The molecule has 5 aromatic rings. The fourth-order valence-corrected chi connectivity index (χ4v) is 6.38. The van der Waals surface area contributed by atoms with Gasteiger partial charge in [0.1, 0.15) is 17.9 Å². The lowest BCUT2D eigenvalue weighted by molar-refractivity contribution is -0.132. The van der Waals surface area contributed by atoms with Gasteiger partial charge in [0, 0.05) is 41.5 Å². The highest BCUT2D eigenvalue weighted by Gasteiger charge is 2.49. The van der Waals surface area contributed by atoms with Crippen molar-refractivity contribution in [1.82, 2.24) is 20.5 Å². The first kappa shape index (κ1) is 26.6. The van der Waals surface area contributed by atoms with Crippen LogP contribution in [0.15, 0.2) is 103 Å². The molecule has 3 heterocycles. The van der Waals surface area contributed by atoms with Gasteiger partial charge in [-0.15, -0.1) is 0 Å². The van der Waals surface area contributed by atoms with Crippen LogP contribution in [0.4, 0.5) is 4.39 Å². The molecule has 43 heavy (non-hydrogen) atoms. The Balaban J connectivity index is 1.21. The molecule has 0 radical (unpaired) electrons. The van der Waals surface area contributed by atoms with E-state index in [1.807, 2.05) is 72.8 Å². The molecule has 8 heteroatoms. The van der Waals surface area contributed by atoms with E-state index in [-0.39, 0.29) is 36.5 Å². The molecule has 7 rings (SSSR count). The van der Waals surface area contributed by atoms with Crippen molar-refractivity contribution >= 4 is 28.6 Å². The number of hydrogen-bond donors (Lipinski definition) is 3. The Morgan fingerprint density at radius 3 is 2.42 bits per heavy atom. The van der Waals surface area contributed by atoms with Crippen molar-refractivity contribution in [2.45, 2.75) is 37.5 Å². The van der Waals surface area contributed by atoms with Crippen molar-refractivity contribution in [3.05, 3.63) is 142 Å². The van der Waals surface area contributed by atoms with Gasteiger partial charge in [-0.25, -0.2) is 4.39 Å². The molecular weight excluding hydrogens is 543 g/mol. The number of H-pyrrole nitrogens is 1. The molecule has 214 valence electrons. The molecule has 0 unspecified atom stereocenters. The minimum absolute atomic E-state index is 0.185. The summed E-state index contributed by atoms with van der Waals surface area (Å²) in [5.74, 6) is -1.31. The van der Waals surface area contributed by atoms with Crippen LogP contribution in [-0.4, -0.2) is 39.7 Å². The number of aromatic nitrogens is 1. The van der Waals surface area contributed by atoms with E-state index in [0.29, 0.717) is 12.0 Å². The second kappa shape index (κ2) is 10.9. The highest BCUT2D eigenvalue weighted by Crippen LogP contribution is 2.46. The van der Waals surface area contributed by atoms with Crippen LogP contribution in [0.5, 0.6) is 0 Å². The first-order valence-corrected chi connectivity index (χ1v) is 14.4. The van der Waals surface area contributed by atoms with Crippen LogP contribution in [0.1, 0.15) is 44.3 Å². The van der Waals surface area contributed by atoms with Crippen molar-refractivity contribution in [3.8, 4) is 0 Å². The molecule has 3 atom stereocenters. The SMILES string of the molecule is O=C(NCc1ccc(F)cc1)[C@H](Cc1ccccc1)NC(=O)[C@@H]1Cc2c([nH]c3ccccc23)[C@@H]2c3ccccc3C(=O)N21. The zero-order valence-corrected chi connectivity index (χ0v) is 23.2. The quantitative estimate of drug-likeness (QED) is 0.261. The third kappa shape index (κ3) is 4.84. The lowest BCUT2D eigenvalue weighted by Gasteiger charge is -2.37. The van der Waals surface area contributed by atoms with E-state index in [9.17, 15) is 18.8 Å². The Hall–Kier alpha value is -5.24. The van der Waals surface area contributed by atoms with Gasteiger partial charge in [-0.1, -0.05) is 78.9 Å². The summed E-state index contributed by atoms with van der Waals surface area (Å²) in [4.78, 5) is 46.7. The van der Waals surface area contributed by atoms with E-state index >= 15 is 0 Å². The molecule has 1 aromatic heterocycles. The Morgan fingerprint density at radius 1 is 0.884 bits per heavy atom. The fraction of sp³-hybridized carbons (Fsp3) is 0.171. The maximum Gasteiger partial charge on any atom is 0.255 e. The maximum absolute atomic E-state index is 14.2. The molecule has 7 nitrogen and oxygen atoms in total. The Morgan fingerprint density at radius 2 is 1.60 bits per heavy atom. The minimum Gasteiger partial charge on any atom is -0.356 e. The number of rotatable bonds is 7. The van der Waals surface area contributed by atoms with Crippen LogP contribution in [-0.2, 0) is 29.0 Å². The first-order valence-electron chi connectivity index (χ1n) is 14.4. The second-order valence-electron chi connectivity index (χ2n) is 11.1. The van der Waals surface area contributed by atoms with Gasteiger partial charge in [-0.05, 0) is 46.5 Å². The molecule has 0 saturated carbocycles. The van der Waals surface area contributed by atoms with Crippen LogP contribution in [0.3, 0.4) is 0 Å². The van der Waals surface area contributed by atoms with E-state index in [0.717, 1.165) is 38.9 Å². The average molecular weight is 573 g/mol. The lowest BCUT2D eigenvalue weighted by Crippen LogP contribution is -2.57. The molecule has 0 fully saturated rings. The number of carbonyl (C=O) groups excluding carboxylic acids is 3. The third-order valence-corrected chi connectivity index (χ3v) is 8.45. The van der Waals surface area contributed by atoms with Gasteiger partial charge in [-0.2, -0.15) is 0 Å². The molecule has 0 bridgehead atoms. The second-order valence-corrected chi connectivity index (χ2v) is 11.1. The summed E-state index contributed by atoms with van der Waals surface area (Å²) in [5, 5.41) is 6.90. The molecule has 0 saturated heterocycles. The van der Waals surface area contributed by atoms with Crippen molar-refractivity contribution in [2.24, 2.45) is 0 Å². The van der Waals surface area contributed by atoms with E-state index in [4.69, 9.17) is 0 Å². The van der Waals surface area contributed by atoms with E-state index in [2.05, 4.69) is 15.6 Å². The Bertz CT molecular complexity index is 1850. The highest BCUT2D eigenvalue weighted by atomic mass is 19.1. The number of halogens is 1. The number of carbonyl (C=O) groups is 3. The minimum atomic E-state index is -0.891. The summed E-state index contributed by atoms with van der Waals surface area (Å²) >= 11 is 0. The predicted octanol–water partition coefficient (Wildman–Crippen LogP) is 4.82. The van der Waals surface area contributed by atoms with Gasteiger partial charge < -0.3 is 20.5 Å².